The molecule has 0 aliphatic carbocycles. The van der Waals surface area contributed by atoms with Crippen molar-refractivity contribution in [3.63, 3.8) is 0 Å². The third kappa shape index (κ3) is 7.38. The third-order valence-corrected chi connectivity index (χ3v) is 4.70. The molecule has 0 bridgehead atoms. The van der Waals surface area contributed by atoms with Gasteiger partial charge in [0.25, 0.3) is 5.91 Å². The summed E-state index contributed by atoms with van der Waals surface area (Å²) < 4.78 is 11.3. The van der Waals surface area contributed by atoms with E-state index >= 15 is 0 Å². The number of nitro groups is 1. The minimum atomic E-state index is -0.631. The van der Waals surface area contributed by atoms with Crippen LogP contribution in [0.4, 0.5) is 5.69 Å². The number of amides is 1. The minimum Gasteiger partial charge on any atom is -0.477 e. The van der Waals surface area contributed by atoms with E-state index in [1.54, 1.807) is 30.3 Å². The zero-order chi connectivity index (χ0) is 24.3. The van der Waals surface area contributed by atoms with E-state index in [0.29, 0.717) is 10.0 Å². The molecule has 0 radical (unpaired) electrons. The van der Waals surface area contributed by atoms with Crippen molar-refractivity contribution in [1.29, 1.82) is 0 Å². The van der Waals surface area contributed by atoms with E-state index in [-0.39, 0.29) is 17.2 Å². The lowest BCUT2D eigenvalue weighted by atomic mass is 10.2. The molecule has 9 nitrogen and oxygen atoms in total. The highest BCUT2D eigenvalue weighted by molar-refractivity contribution is 9.10. The van der Waals surface area contributed by atoms with Crippen LogP contribution >= 0.6 is 15.9 Å². The molecule has 172 valence electrons. The second kappa shape index (κ2) is 12.1. The first kappa shape index (κ1) is 24.3. The van der Waals surface area contributed by atoms with Gasteiger partial charge in [0.15, 0.2) is 12.4 Å². The Morgan fingerprint density at radius 3 is 2.53 bits per heavy atom. The summed E-state index contributed by atoms with van der Waals surface area (Å²) in [6.07, 6.45) is 4.24. The van der Waals surface area contributed by atoms with Gasteiger partial charge in [0, 0.05) is 22.2 Å². The summed E-state index contributed by atoms with van der Waals surface area (Å²) in [6, 6.07) is 19.9. The number of carbonyl (C=O) groups is 2. The Hall–Kier alpha value is -4.31. The predicted molar refractivity (Wildman–Crippen MR) is 130 cm³/mol. The summed E-state index contributed by atoms with van der Waals surface area (Å²) >= 11 is 3.34. The maximum atomic E-state index is 12.2. The number of carbonyl (C=O) groups excluding carboxylic acids is 2. The van der Waals surface area contributed by atoms with Crippen LogP contribution in [0.25, 0.3) is 6.08 Å². The molecular formula is C24H18BrN3O6. The third-order valence-electron chi connectivity index (χ3n) is 4.21. The van der Waals surface area contributed by atoms with Gasteiger partial charge in [-0.05, 0) is 35.9 Å². The molecule has 0 saturated carbocycles. The summed E-state index contributed by atoms with van der Waals surface area (Å²) in [7, 11) is 0. The Morgan fingerprint density at radius 2 is 1.76 bits per heavy atom. The minimum absolute atomic E-state index is 0.0311. The standard InChI is InChI=1S/C24H18BrN3O6/c25-19-11-12-21(34-24(30)13-10-17-6-2-1-3-7-17)18(14-19)15-26-27-23(29)16-33-22-9-5-4-8-20(22)28(31)32/h1-15H,16H2,(H,27,29)/b13-10+,26-15-. The van der Waals surface area contributed by atoms with Gasteiger partial charge < -0.3 is 9.47 Å². The van der Waals surface area contributed by atoms with E-state index in [2.05, 4.69) is 26.5 Å². The summed E-state index contributed by atoms with van der Waals surface area (Å²) in [4.78, 5) is 34.6. The molecule has 0 fully saturated rings. The lowest BCUT2D eigenvalue weighted by Crippen LogP contribution is -2.24. The molecular weight excluding hydrogens is 506 g/mol. The van der Waals surface area contributed by atoms with Crippen molar-refractivity contribution in [3.8, 4) is 11.5 Å². The van der Waals surface area contributed by atoms with Gasteiger partial charge in [0.1, 0.15) is 5.75 Å². The highest BCUT2D eigenvalue weighted by Crippen LogP contribution is 2.25. The van der Waals surface area contributed by atoms with Crippen LogP contribution in [0.15, 0.2) is 88.4 Å². The maximum absolute atomic E-state index is 12.2. The van der Waals surface area contributed by atoms with E-state index in [4.69, 9.17) is 9.47 Å². The number of benzene rings is 3. The number of hydrogen-bond donors (Lipinski definition) is 1. The average Bonchev–Trinajstić information content (AvgIpc) is 2.84. The number of esters is 1. The number of hydrogen-bond acceptors (Lipinski definition) is 7. The van der Waals surface area contributed by atoms with E-state index in [1.165, 1.54) is 30.5 Å². The maximum Gasteiger partial charge on any atom is 0.336 e. The molecule has 0 saturated heterocycles. The first-order valence-electron chi connectivity index (χ1n) is 9.85. The first-order chi connectivity index (χ1) is 16.4. The van der Waals surface area contributed by atoms with Crippen LogP contribution in [0, 0.1) is 10.1 Å². The fourth-order valence-corrected chi connectivity index (χ4v) is 3.04. The molecule has 0 aliphatic heterocycles. The summed E-state index contributed by atoms with van der Waals surface area (Å²) in [6.45, 7) is -0.479. The molecule has 34 heavy (non-hydrogen) atoms. The fourth-order valence-electron chi connectivity index (χ4n) is 2.66. The van der Waals surface area contributed by atoms with Crippen LogP contribution in [-0.4, -0.2) is 29.6 Å². The van der Waals surface area contributed by atoms with Gasteiger partial charge in [0.2, 0.25) is 0 Å². The largest absolute Gasteiger partial charge is 0.477 e. The van der Waals surface area contributed by atoms with Gasteiger partial charge in [-0.1, -0.05) is 58.4 Å². The zero-order valence-corrected chi connectivity index (χ0v) is 19.2. The van der Waals surface area contributed by atoms with Crippen LogP contribution in [0.5, 0.6) is 11.5 Å². The highest BCUT2D eigenvalue weighted by Gasteiger charge is 2.14. The van der Waals surface area contributed by atoms with Crippen LogP contribution in [0.1, 0.15) is 11.1 Å². The van der Waals surface area contributed by atoms with E-state index < -0.39 is 23.4 Å². The molecule has 1 amide bonds. The topological polar surface area (TPSA) is 120 Å². The highest BCUT2D eigenvalue weighted by atomic mass is 79.9. The van der Waals surface area contributed by atoms with Crippen LogP contribution in [-0.2, 0) is 9.59 Å². The van der Waals surface area contributed by atoms with Crippen molar-refractivity contribution in [3.05, 3.63) is 105 Å². The molecule has 0 aliphatic rings. The fraction of sp³-hybridized carbons (Fsp3) is 0.0417. The number of halogens is 1. The van der Waals surface area contributed by atoms with Gasteiger partial charge in [-0.3, -0.25) is 14.9 Å². The lowest BCUT2D eigenvalue weighted by molar-refractivity contribution is -0.385. The van der Waals surface area contributed by atoms with Crippen molar-refractivity contribution in [2.24, 2.45) is 5.10 Å². The van der Waals surface area contributed by atoms with Gasteiger partial charge in [-0.15, -0.1) is 0 Å². The SMILES string of the molecule is O=C(COc1ccccc1[N+](=O)[O-])N/N=C\c1cc(Br)ccc1OC(=O)/C=C/c1ccccc1. The lowest BCUT2D eigenvalue weighted by Gasteiger charge is -2.07. The number of nitrogens with one attached hydrogen (secondary N) is 1. The Balaban J connectivity index is 1.59. The molecule has 3 rings (SSSR count). The summed E-state index contributed by atoms with van der Waals surface area (Å²) in [5, 5.41) is 14.8. The van der Waals surface area contributed by atoms with Crippen LogP contribution < -0.4 is 14.9 Å². The molecule has 0 aromatic heterocycles. The van der Waals surface area contributed by atoms with Crippen molar-refractivity contribution in [2.45, 2.75) is 0 Å². The molecule has 1 N–H and O–H groups in total. The second-order valence-corrected chi connectivity index (χ2v) is 7.57. The Kier molecular flexibility index (Phi) is 8.64. The number of nitrogens with zero attached hydrogens (tertiary/aromatic N) is 2. The Morgan fingerprint density at radius 1 is 1.03 bits per heavy atom. The quantitative estimate of drug-likeness (QED) is 0.110. The molecule has 3 aromatic carbocycles. The number of rotatable bonds is 9. The Labute approximate surface area is 203 Å². The smallest absolute Gasteiger partial charge is 0.336 e. The molecule has 0 heterocycles. The average molecular weight is 524 g/mol. The molecule has 0 atom stereocenters. The normalized spacial score (nSPS) is 10.9. The van der Waals surface area contributed by atoms with Crippen LogP contribution in [0.3, 0.4) is 0 Å². The van der Waals surface area contributed by atoms with Crippen molar-refractivity contribution in [2.75, 3.05) is 6.61 Å². The monoisotopic (exact) mass is 523 g/mol. The first-order valence-corrected chi connectivity index (χ1v) is 10.6. The number of hydrazone groups is 1. The van der Waals surface area contributed by atoms with Gasteiger partial charge in [0.05, 0.1) is 11.1 Å². The van der Waals surface area contributed by atoms with Crippen LogP contribution in [0.2, 0.25) is 0 Å². The Bertz CT molecular complexity index is 1240. The second-order valence-electron chi connectivity index (χ2n) is 6.65. The number of ether oxygens (including phenoxy) is 2. The van der Waals surface area contributed by atoms with Gasteiger partial charge in [-0.2, -0.15) is 5.10 Å². The molecule has 0 unspecified atom stereocenters. The zero-order valence-electron chi connectivity index (χ0n) is 17.6. The van der Waals surface area contributed by atoms with Crippen molar-refractivity contribution in [1.82, 2.24) is 5.43 Å². The molecule has 10 heteroatoms. The number of para-hydroxylation sites is 2. The van der Waals surface area contributed by atoms with Crippen molar-refractivity contribution >= 4 is 45.8 Å². The van der Waals surface area contributed by atoms with Gasteiger partial charge in [-0.25, -0.2) is 10.2 Å². The predicted octanol–water partition coefficient (Wildman–Crippen LogP) is 4.51. The summed E-state index contributed by atoms with van der Waals surface area (Å²) in [5.41, 5.74) is 3.29. The summed E-state index contributed by atoms with van der Waals surface area (Å²) in [5.74, 6) is -1.01. The van der Waals surface area contributed by atoms with E-state index in [0.717, 1.165) is 5.56 Å². The van der Waals surface area contributed by atoms with Gasteiger partial charge >= 0.3 is 11.7 Å². The number of nitro benzene ring substituents is 1. The molecule has 0 spiro atoms. The van der Waals surface area contributed by atoms with Crippen molar-refractivity contribution < 1.29 is 24.0 Å². The van der Waals surface area contributed by atoms with E-state index in [9.17, 15) is 19.7 Å². The molecule has 3 aromatic rings. The van der Waals surface area contributed by atoms with E-state index in [1.807, 2.05) is 30.3 Å².